The number of carbonyl (C=O) groups excluding carboxylic acids is 1. The van der Waals surface area contributed by atoms with Gasteiger partial charge >= 0.3 is 6.03 Å². The van der Waals surface area contributed by atoms with Gasteiger partial charge in [0.2, 0.25) is 0 Å². The standard InChI is InChI=1S/C18H22N4O3S/c1-24-9-7-21-6-4-12-13(10-21)22(17(23)19-12)18-20-16-11-5-8-25-14(11)2-3-15(16)26-18/h2-3,12-13H,4-10H2,1H3,(H,19,23). The van der Waals surface area contributed by atoms with Gasteiger partial charge in [0.05, 0.1) is 35.5 Å². The minimum Gasteiger partial charge on any atom is -0.493 e. The number of aromatic nitrogens is 1. The number of carbonyl (C=O) groups is 1. The molecule has 7 nitrogen and oxygen atoms in total. The number of hydrogen-bond acceptors (Lipinski definition) is 6. The van der Waals surface area contributed by atoms with Gasteiger partial charge in [-0.1, -0.05) is 11.3 Å². The van der Waals surface area contributed by atoms with Gasteiger partial charge < -0.3 is 14.8 Å². The summed E-state index contributed by atoms with van der Waals surface area (Å²) in [6, 6.07) is 4.37. The summed E-state index contributed by atoms with van der Waals surface area (Å²) in [5.74, 6) is 0.932. The van der Waals surface area contributed by atoms with Gasteiger partial charge in [-0.3, -0.25) is 9.80 Å². The number of fused-ring (bicyclic) bond motifs is 4. The minimum atomic E-state index is -0.0273. The highest BCUT2D eigenvalue weighted by Crippen LogP contribution is 2.39. The van der Waals surface area contributed by atoms with Crippen LogP contribution in [0.1, 0.15) is 12.0 Å². The van der Waals surface area contributed by atoms with Crippen LogP contribution < -0.4 is 15.0 Å². The van der Waals surface area contributed by atoms with Crippen LogP contribution in [0.3, 0.4) is 0 Å². The number of urea groups is 1. The number of nitrogens with one attached hydrogen (secondary N) is 1. The number of nitrogens with zero attached hydrogens (tertiary/aromatic N) is 3. The van der Waals surface area contributed by atoms with Crippen molar-refractivity contribution in [1.29, 1.82) is 0 Å². The molecule has 1 N–H and O–H groups in total. The Kier molecular flexibility index (Phi) is 3.99. The Bertz CT molecular complexity index is 854. The molecule has 2 saturated heterocycles. The predicted molar refractivity (Wildman–Crippen MR) is 100 cm³/mol. The first-order valence-electron chi connectivity index (χ1n) is 9.11. The number of piperidine rings is 1. The highest BCUT2D eigenvalue weighted by Gasteiger charge is 2.44. The van der Waals surface area contributed by atoms with E-state index in [2.05, 4.69) is 16.3 Å². The Hall–Kier alpha value is -1.90. The quantitative estimate of drug-likeness (QED) is 0.885. The molecule has 0 aliphatic carbocycles. The number of anilines is 1. The highest BCUT2D eigenvalue weighted by molar-refractivity contribution is 7.22. The number of methoxy groups -OCH3 is 1. The van der Waals surface area contributed by atoms with Gasteiger partial charge in [0.25, 0.3) is 0 Å². The molecule has 4 heterocycles. The predicted octanol–water partition coefficient (Wildman–Crippen LogP) is 1.85. The van der Waals surface area contributed by atoms with Crippen molar-refractivity contribution in [3.8, 4) is 5.75 Å². The van der Waals surface area contributed by atoms with Crippen molar-refractivity contribution in [2.24, 2.45) is 0 Å². The summed E-state index contributed by atoms with van der Waals surface area (Å²) in [5, 5.41) is 3.94. The zero-order valence-electron chi connectivity index (χ0n) is 14.7. The van der Waals surface area contributed by atoms with E-state index in [0.29, 0.717) is 13.2 Å². The largest absolute Gasteiger partial charge is 0.493 e. The SMILES string of the molecule is COCCN1CCC2NC(=O)N(c3nc4c5c(ccc4s3)OCC5)C2C1. The van der Waals surface area contributed by atoms with Gasteiger partial charge in [0.15, 0.2) is 5.13 Å². The normalized spacial score (nSPS) is 25.3. The summed E-state index contributed by atoms with van der Waals surface area (Å²) < 4.78 is 12.0. The van der Waals surface area contributed by atoms with Crippen LogP contribution in [0.25, 0.3) is 10.2 Å². The van der Waals surface area contributed by atoms with Crippen molar-refractivity contribution in [3.63, 3.8) is 0 Å². The fourth-order valence-corrected chi connectivity index (χ4v) is 5.27. The number of ether oxygens (including phenoxy) is 2. The third-order valence-electron chi connectivity index (χ3n) is 5.56. The molecule has 5 rings (SSSR count). The van der Waals surface area contributed by atoms with Crippen LogP contribution in [0.5, 0.6) is 5.75 Å². The summed E-state index contributed by atoms with van der Waals surface area (Å²) in [5.41, 5.74) is 2.16. The van der Waals surface area contributed by atoms with Crippen molar-refractivity contribution in [1.82, 2.24) is 15.2 Å². The Balaban J connectivity index is 1.46. The van der Waals surface area contributed by atoms with Crippen molar-refractivity contribution in [2.75, 3.05) is 44.9 Å². The first kappa shape index (κ1) is 16.3. The Morgan fingerprint density at radius 2 is 2.38 bits per heavy atom. The lowest BCUT2D eigenvalue weighted by Crippen LogP contribution is -2.52. The van der Waals surface area contributed by atoms with Crippen LogP contribution in [-0.4, -0.2) is 68.0 Å². The molecule has 0 bridgehead atoms. The molecule has 2 unspecified atom stereocenters. The van der Waals surface area contributed by atoms with Gasteiger partial charge in [0.1, 0.15) is 5.75 Å². The summed E-state index contributed by atoms with van der Waals surface area (Å²) in [4.78, 5) is 21.8. The molecule has 26 heavy (non-hydrogen) atoms. The molecule has 2 aromatic rings. The molecule has 138 valence electrons. The van der Waals surface area contributed by atoms with Crippen LogP contribution in [-0.2, 0) is 11.2 Å². The number of benzene rings is 1. The third-order valence-corrected chi connectivity index (χ3v) is 6.58. The molecule has 2 amide bonds. The lowest BCUT2D eigenvalue weighted by molar-refractivity contribution is 0.124. The topological polar surface area (TPSA) is 66.9 Å². The van der Waals surface area contributed by atoms with E-state index in [1.165, 1.54) is 5.56 Å². The number of hydrogen-bond donors (Lipinski definition) is 1. The van der Waals surface area contributed by atoms with Crippen molar-refractivity contribution in [2.45, 2.75) is 24.9 Å². The molecule has 3 aliphatic rings. The van der Waals surface area contributed by atoms with Crippen LogP contribution in [0.15, 0.2) is 12.1 Å². The molecular formula is C18H22N4O3S. The van der Waals surface area contributed by atoms with E-state index in [-0.39, 0.29) is 18.1 Å². The average molecular weight is 374 g/mol. The maximum Gasteiger partial charge on any atom is 0.324 e. The summed E-state index contributed by atoms with van der Waals surface area (Å²) in [7, 11) is 1.73. The summed E-state index contributed by atoms with van der Waals surface area (Å²) in [6.45, 7) is 4.16. The number of likely N-dealkylation sites (tertiary alicyclic amines) is 1. The molecule has 8 heteroatoms. The van der Waals surface area contributed by atoms with E-state index in [4.69, 9.17) is 14.5 Å². The number of rotatable bonds is 4. The molecule has 3 aliphatic heterocycles. The van der Waals surface area contributed by atoms with Gasteiger partial charge in [-0.2, -0.15) is 0 Å². The molecule has 2 fully saturated rings. The molecule has 0 spiro atoms. The van der Waals surface area contributed by atoms with Gasteiger partial charge in [-0.05, 0) is 18.6 Å². The molecule has 0 saturated carbocycles. The average Bonchev–Trinajstić information content (AvgIpc) is 3.33. The minimum absolute atomic E-state index is 0.0273. The van der Waals surface area contributed by atoms with E-state index < -0.39 is 0 Å². The van der Waals surface area contributed by atoms with E-state index in [1.807, 2.05) is 11.0 Å². The van der Waals surface area contributed by atoms with Crippen LogP contribution in [0, 0.1) is 0 Å². The van der Waals surface area contributed by atoms with E-state index in [1.54, 1.807) is 18.4 Å². The van der Waals surface area contributed by atoms with Crippen molar-refractivity contribution in [3.05, 3.63) is 17.7 Å². The fraction of sp³-hybridized carbons (Fsp3) is 0.556. The van der Waals surface area contributed by atoms with Gasteiger partial charge in [0, 0.05) is 38.7 Å². The lowest BCUT2D eigenvalue weighted by atomic mass is 10.0. The Morgan fingerprint density at radius 3 is 3.27 bits per heavy atom. The van der Waals surface area contributed by atoms with Crippen LogP contribution >= 0.6 is 11.3 Å². The smallest absolute Gasteiger partial charge is 0.324 e. The second kappa shape index (κ2) is 6.37. The number of amides is 2. The molecule has 1 aromatic carbocycles. The monoisotopic (exact) mass is 374 g/mol. The van der Waals surface area contributed by atoms with E-state index in [0.717, 1.165) is 53.6 Å². The molecule has 2 atom stereocenters. The highest BCUT2D eigenvalue weighted by atomic mass is 32.1. The van der Waals surface area contributed by atoms with E-state index in [9.17, 15) is 4.79 Å². The maximum absolute atomic E-state index is 12.7. The first-order chi connectivity index (χ1) is 12.7. The van der Waals surface area contributed by atoms with Crippen molar-refractivity contribution >= 4 is 32.7 Å². The van der Waals surface area contributed by atoms with E-state index >= 15 is 0 Å². The Labute approximate surface area is 155 Å². The second-order valence-corrected chi connectivity index (χ2v) is 8.07. The molecule has 0 radical (unpaired) electrons. The lowest BCUT2D eigenvalue weighted by Gasteiger charge is -2.36. The third kappa shape index (κ3) is 2.55. The Morgan fingerprint density at radius 1 is 1.46 bits per heavy atom. The van der Waals surface area contributed by atoms with Crippen molar-refractivity contribution < 1.29 is 14.3 Å². The zero-order chi connectivity index (χ0) is 17.7. The zero-order valence-corrected chi connectivity index (χ0v) is 15.6. The van der Waals surface area contributed by atoms with Gasteiger partial charge in [-0.15, -0.1) is 0 Å². The summed E-state index contributed by atoms with van der Waals surface area (Å²) >= 11 is 1.59. The fourth-order valence-electron chi connectivity index (χ4n) is 4.22. The van der Waals surface area contributed by atoms with Crippen LogP contribution in [0.2, 0.25) is 0 Å². The first-order valence-corrected chi connectivity index (χ1v) is 9.92. The van der Waals surface area contributed by atoms with Crippen LogP contribution in [0.4, 0.5) is 9.93 Å². The second-order valence-electron chi connectivity index (χ2n) is 7.06. The summed E-state index contributed by atoms with van der Waals surface area (Å²) in [6.07, 6.45) is 1.85. The maximum atomic E-state index is 12.7. The molecule has 1 aromatic heterocycles. The molecular weight excluding hydrogens is 352 g/mol. The number of thiazole rings is 1. The van der Waals surface area contributed by atoms with Gasteiger partial charge in [-0.25, -0.2) is 9.78 Å².